The largest absolute Gasteiger partial charge is 0.354 e. The molecule has 0 unspecified atom stereocenters. The van der Waals surface area contributed by atoms with Gasteiger partial charge in [-0.1, -0.05) is 92.0 Å². The zero-order valence-corrected chi connectivity index (χ0v) is 24.2. The number of carbonyl (C=O) groups is 2. The number of hydrogen-bond acceptors (Lipinski definition) is 4. The summed E-state index contributed by atoms with van der Waals surface area (Å²) in [6, 6.07) is 21.3. The third-order valence-electron chi connectivity index (χ3n) is 6.38. The molecule has 1 atom stereocenters. The van der Waals surface area contributed by atoms with Crippen LogP contribution in [0.15, 0.2) is 83.8 Å². The van der Waals surface area contributed by atoms with Crippen molar-refractivity contribution < 1.29 is 18.0 Å². The maximum Gasteiger partial charge on any atom is 0.264 e. The van der Waals surface area contributed by atoms with Crippen molar-refractivity contribution in [3.63, 3.8) is 0 Å². The van der Waals surface area contributed by atoms with Crippen molar-refractivity contribution in [1.29, 1.82) is 0 Å². The number of unbranched alkanes of at least 4 members (excludes halogenated alkanes) is 1. The molecule has 9 heteroatoms. The van der Waals surface area contributed by atoms with E-state index < -0.39 is 28.5 Å². The number of para-hydroxylation sites is 1. The van der Waals surface area contributed by atoms with Crippen LogP contribution in [0.1, 0.15) is 44.2 Å². The molecule has 39 heavy (non-hydrogen) atoms. The molecule has 1 N–H and O–H groups in total. The monoisotopic (exact) mass is 569 g/mol. The highest BCUT2D eigenvalue weighted by Gasteiger charge is 2.34. The molecular weight excluding hydrogens is 534 g/mol. The van der Waals surface area contributed by atoms with E-state index in [1.54, 1.807) is 42.5 Å². The molecule has 0 heterocycles. The highest BCUT2D eigenvalue weighted by atomic mass is 35.5. The molecule has 0 aliphatic rings. The van der Waals surface area contributed by atoms with Gasteiger partial charge in [0.05, 0.1) is 15.6 Å². The van der Waals surface area contributed by atoms with E-state index in [4.69, 9.17) is 11.6 Å². The molecule has 0 aliphatic carbocycles. The molecule has 208 valence electrons. The Labute approximate surface area is 236 Å². The van der Waals surface area contributed by atoms with Crippen LogP contribution >= 0.6 is 11.6 Å². The van der Waals surface area contributed by atoms with Crippen molar-refractivity contribution in [2.45, 2.75) is 57.5 Å². The van der Waals surface area contributed by atoms with E-state index in [1.807, 2.05) is 45.0 Å². The van der Waals surface area contributed by atoms with Crippen molar-refractivity contribution in [2.75, 3.05) is 17.4 Å². The van der Waals surface area contributed by atoms with Gasteiger partial charge in [0.2, 0.25) is 11.8 Å². The number of nitrogens with one attached hydrogen (secondary N) is 1. The number of carbonyl (C=O) groups excluding carboxylic acids is 2. The Kier molecular flexibility index (Phi) is 10.9. The smallest absolute Gasteiger partial charge is 0.264 e. The van der Waals surface area contributed by atoms with Crippen LogP contribution < -0.4 is 9.62 Å². The number of halogens is 1. The van der Waals surface area contributed by atoms with Crippen LogP contribution in [0, 0.1) is 6.92 Å². The van der Waals surface area contributed by atoms with Crippen molar-refractivity contribution in [1.82, 2.24) is 10.2 Å². The molecule has 3 rings (SSSR count). The highest BCUT2D eigenvalue weighted by Crippen LogP contribution is 2.30. The van der Waals surface area contributed by atoms with E-state index in [0.717, 1.165) is 28.3 Å². The van der Waals surface area contributed by atoms with Gasteiger partial charge in [0.15, 0.2) is 0 Å². The maximum absolute atomic E-state index is 14.0. The van der Waals surface area contributed by atoms with E-state index in [1.165, 1.54) is 17.0 Å². The second kappa shape index (κ2) is 14.1. The average molecular weight is 570 g/mol. The second-order valence-electron chi connectivity index (χ2n) is 9.36. The SMILES string of the molecule is CCCCNC(=O)[C@@H](CC)N(Cc1cccc(C)c1)C(=O)CN(c1ccccc1Cl)S(=O)(=O)c1ccccc1. The molecule has 7 nitrogen and oxygen atoms in total. The molecular formula is C30H36ClN3O4S. The first-order valence-corrected chi connectivity index (χ1v) is 15.0. The first kappa shape index (κ1) is 30.2. The van der Waals surface area contributed by atoms with Crippen LogP contribution in [-0.2, 0) is 26.2 Å². The number of amides is 2. The molecule has 0 aliphatic heterocycles. The fourth-order valence-electron chi connectivity index (χ4n) is 4.32. The molecule has 2 amide bonds. The zero-order valence-electron chi connectivity index (χ0n) is 22.6. The fraction of sp³-hybridized carbons (Fsp3) is 0.333. The summed E-state index contributed by atoms with van der Waals surface area (Å²) >= 11 is 6.44. The minimum atomic E-state index is -4.15. The second-order valence-corrected chi connectivity index (χ2v) is 11.6. The summed E-state index contributed by atoms with van der Waals surface area (Å²) in [5.41, 5.74) is 2.05. The number of aryl methyl sites for hydroxylation is 1. The first-order chi connectivity index (χ1) is 18.7. The number of rotatable bonds is 13. The summed E-state index contributed by atoms with van der Waals surface area (Å²) in [5.74, 6) is -0.768. The van der Waals surface area contributed by atoms with E-state index in [0.29, 0.717) is 13.0 Å². The Morgan fingerprint density at radius 3 is 2.28 bits per heavy atom. The standard InChI is InChI=1S/C30H36ClN3O4S/c1-4-6-19-32-30(36)27(5-2)33(21-24-14-12-13-23(3)20-24)29(35)22-34(28-18-11-10-17-26(28)31)39(37,38)25-15-8-7-9-16-25/h7-18,20,27H,4-6,19,21-22H2,1-3H3,(H,32,36)/t27-/m1/s1. The van der Waals surface area contributed by atoms with Gasteiger partial charge in [-0.25, -0.2) is 8.42 Å². The number of hydrogen-bond donors (Lipinski definition) is 1. The molecule has 3 aromatic rings. The van der Waals surface area contributed by atoms with Gasteiger partial charge in [-0.15, -0.1) is 0 Å². The Balaban J connectivity index is 2.03. The summed E-state index contributed by atoms with van der Waals surface area (Å²) in [6.07, 6.45) is 2.11. The van der Waals surface area contributed by atoms with Crippen molar-refractivity contribution >= 4 is 39.1 Å². The first-order valence-electron chi connectivity index (χ1n) is 13.1. The molecule has 3 aromatic carbocycles. The van der Waals surface area contributed by atoms with Crippen LogP contribution in [0.25, 0.3) is 0 Å². The van der Waals surface area contributed by atoms with Gasteiger partial charge in [-0.05, 0) is 49.6 Å². The lowest BCUT2D eigenvalue weighted by molar-refractivity contribution is -0.140. The van der Waals surface area contributed by atoms with E-state index in [-0.39, 0.29) is 28.1 Å². The minimum Gasteiger partial charge on any atom is -0.354 e. The summed E-state index contributed by atoms with van der Waals surface area (Å²) < 4.78 is 28.6. The van der Waals surface area contributed by atoms with Crippen LogP contribution in [0.4, 0.5) is 5.69 Å². The molecule has 0 radical (unpaired) electrons. The Morgan fingerprint density at radius 2 is 1.64 bits per heavy atom. The Morgan fingerprint density at radius 1 is 0.949 bits per heavy atom. The molecule has 0 fully saturated rings. The van der Waals surface area contributed by atoms with Crippen molar-refractivity contribution in [3.05, 3.63) is 95.0 Å². The Hall–Kier alpha value is -3.36. The van der Waals surface area contributed by atoms with Gasteiger partial charge in [0, 0.05) is 13.1 Å². The number of sulfonamides is 1. The Bertz CT molecular complexity index is 1370. The zero-order chi connectivity index (χ0) is 28.4. The van der Waals surface area contributed by atoms with E-state index >= 15 is 0 Å². The minimum absolute atomic E-state index is 0.0345. The lowest BCUT2D eigenvalue weighted by Gasteiger charge is -2.33. The van der Waals surface area contributed by atoms with Gasteiger partial charge in [-0.3, -0.25) is 13.9 Å². The summed E-state index contributed by atoms with van der Waals surface area (Å²) in [6.45, 7) is 5.97. The van der Waals surface area contributed by atoms with Crippen LogP contribution in [0.5, 0.6) is 0 Å². The maximum atomic E-state index is 14.0. The number of nitrogens with zero attached hydrogens (tertiary/aromatic N) is 2. The third-order valence-corrected chi connectivity index (χ3v) is 8.48. The van der Waals surface area contributed by atoms with Crippen molar-refractivity contribution in [2.24, 2.45) is 0 Å². The average Bonchev–Trinajstić information content (AvgIpc) is 2.92. The summed E-state index contributed by atoms with van der Waals surface area (Å²) in [5, 5.41) is 3.13. The van der Waals surface area contributed by atoms with E-state index in [9.17, 15) is 18.0 Å². The normalized spacial score (nSPS) is 12.0. The topological polar surface area (TPSA) is 86.8 Å². The highest BCUT2D eigenvalue weighted by molar-refractivity contribution is 7.92. The molecule has 0 saturated carbocycles. The lowest BCUT2D eigenvalue weighted by atomic mass is 10.1. The lowest BCUT2D eigenvalue weighted by Crippen LogP contribution is -2.52. The molecule has 0 saturated heterocycles. The van der Waals surface area contributed by atoms with Gasteiger partial charge < -0.3 is 10.2 Å². The number of benzene rings is 3. The number of anilines is 1. The van der Waals surface area contributed by atoms with Crippen LogP contribution in [0.3, 0.4) is 0 Å². The predicted octanol–water partition coefficient (Wildman–Crippen LogP) is 5.57. The molecule has 0 spiro atoms. The van der Waals surface area contributed by atoms with Crippen LogP contribution in [-0.4, -0.2) is 44.3 Å². The van der Waals surface area contributed by atoms with Gasteiger partial charge in [-0.2, -0.15) is 0 Å². The summed E-state index contributed by atoms with van der Waals surface area (Å²) in [7, 11) is -4.15. The quantitative estimate of drug-likeness (QED) is 0.273. The van der Waals surface area contributed by atoms with Gasteiger partial charge in [0.25, 0.3) is 10.0 Å². The fourth-order valence-corrected chi connectivity index (χ4v) is 6.06. The van der Waals surface area contributed by atoms with Crippen molar-refractivity contribution in [3.8, 4) is 0 Å². The van der Waals surface area contributed by atoms with Gasteiger partial charge in [0.1, 0.15) is 12.6 Å². The predicted molar refractivity (Wildman–Crippen MR) is 156 cm³/mol. The van der Waals surface area contributed by atoms with Crippen LogP contribution in [0.2, 0.25) is 5.02 Å². The van der Waals surface area contributed by atoms with Gasteiger partial charge >= 0.3 is 0 Å². The third kappa shape index (κ3) is 7.83. The van der Waals surface area contributed by atoms with E-state index in [2.05, 4.69) is 5.32 Å². The molecule has 0 aromatic heterocycles. The molecule has 0 bridgehead atoms. The summed E-state index contributed by atoms with van der Waals surface area (Å²) in [4.78, 5) is 28.8.